The van der Waals surface area contributed by atoms with E-state index in [0.29, 0.717) is 53.5 Å². The third kappa shape index (κ3) is 6.68. The number of hydrogen-bond donors (Lipinski definition) is 2. The molecule has 10 nitrogen and oxygen atoms in total. The number of anilines is 1. The van der Waals surface area contributed by atoms with E-state index in [0.717, 1.165) is 16.7 Å². The summed E-state index contributed by atoms with van der Waals surface area (Å²) in [6.07, 6.45) is 1.69. The summed E-state index contributed by atoms with van der Waals surface area (Å²) in [6.45, 7) is 1.62. The van der Waals surface area contributed by atoms with E-state index in [-0.39, 0.29) is 17.4 Å². The zero-order valence-electron chi connectivity index (χ0n) is 21.9. The Balaban J connectivity index is 1.08. The van der Waals surface area contributed by atoms with Crippen molar-refractivity contribution < 1.29 is 17.9 Å². The summed E-state index contributed by atoms with van der Waals surface area (Å²) in [5.41, 5.74) is 3.78. The van der Waals surface area contributed by atoms with Crippen LogP contribution in [0, 0.1) is 0 Å². The molecule has 1 amide bonds. The van der Waals surface area contributed by atoms with Crippen molar-refractivity contribution in [2.45, 2.75) is 6.54 Å². The maximum absolute atomic E-state index is 12.9. The van der Waals surface area contributed by atoms with Gasteiger partial charge in [-0.2, -0.15) is 5.10 Å². The van der Waals surface area contributed by atoms with E-state index in [1.165, 1.54) is 11.3 Å². The number of nitrogens with one attached hydrogen (secondary N) is 2. The number of amides is 1. The highest BCUT2D eigenvalue weighted by molar-refractivity contribution is 7.91. The minimum absolute atomic E-state index is 0.175. The van der Waals surface area contributed by atoms with E-state index in [2.05, 4.69) is 30.4 Å². The Morgan fingerprint density at radius 3 is 2.59 bits per heavy atom. The van der Waals surface area contributed by atoms with Crippen LogP contribution in [0.4, 0.5) is 5.69 Å². The topological polar surface area (TPSA) is 130 Å². The predicted molar refractivity (Wildman–Crippen MR) is 158 cm³/mol. The van der Waals surface area contributed by atoms with Crippen LogP contribution in [0.1, 0.15) is 15.9 Å². The first-order valence-electron chi connectivity index (χ1n) is 12.9. The van der Waals surface area contributed by atoms with Gasteiger partial charge in [0.05, 0.1) is 11.5 Å². The Morgan fingerprint density at radius 1 is 1.00 bits per heavy atom. The molecule has 1 fully saturated rings. The summed E-state index contributed by atoms with van der Waals surface area (Å²) in [7, 11) is -2.93. The lowest BCUT2D eigenvalue weighted by atomic mass is 10.1. The fourth-order valence-electron chi connectivity index (χ4n) is 4.47. The van der Waals surface area contributed by atoms with Gasteiger partial charge in [0.1, 0.15) is 5.75 Å². The molecule has 1 aliphatic rings. The lowest BCUT2D eigenvalue weighted by molar-refractivity contribution is 0.102. The van der Waals surface area contributed by atoms with E-state index < -0.39 is 9.84 Å². The largest absolute Gasteiger partial charge is 0.431 e. The molecule has 208 valence electrons. The van der Waals surface area contributed by atoms with Crippen molar-refractivity contribution in [1.82, 2.24) is 25.1 Å². The Bertz CT molecular complexity index is 1760. The molecule has 3 aromatic carbocycles. The van der Waals surface area contributed by atoms with Crippen molar-refractivity contribution in [3.63, 3.8) is 0 Å². The van der Waals surface area contributed by atoms with Crippen LogP contribution in [0.3, 0.4) is 0 Å². The van der Waals surface area contributed by atoms with Crippen molar-refractivity contribution in [1.29, 1.82) is 0 Å². The normalized spacial score (nSPS) is 14.9. The van der Waals surface area contributed by atoms with Gasteiger partial charge in [-0.15, -0.1) is 0 Å². The SMILES string of the molecule is O=C(Nc1ccc(-c2nc(-c3cccc(Oc4nccs4)c3)n[nH]2)cc1)c1cccc(CN2CCS(=O)(=O)CC2)c1. The monoisotopic (exact) mass is 586 g/mol. The van der Waals surface area contributed by atoms with Crippen LogP contribution >= 0.6 is 11.3 Å². The number of thiazole rings is 1. The van der Waals surface area contributed by atoms with Gasteiger partial charge in [0, 0.05) is 53.6 Å². The lowest BCUT2D eigenvalue weighted by Crippen LogP contribution is -2.39. The molecular formula is C29H26N6O4S2. The van der Waals surface area contributed by atoms with Crippen LogP contribution in [0.15, 0.2) is 84.4 Å². The lowest BCUT2D eigenvalue weighted by Gasteiger charge is -2.26. The number of carbonyl (C=O) groups is 1. The Labute approximate surface area is 241 Å². The molecule has 0 saturated carbocycles. The third-order valence-electron chi connectivity index (χ3n) is 6.64. The Morgan fingerprint density at radius 2 is 1.80 bits per heavy atom. The van der Waals surface area contributed by atoms with Crippen LogP contribution in [0.25, 0.3) is 22.8 Å². The number of ether oxygens (including phenoxy) is 1. The summed E-state index contributed by atoms with van der Waals surface area (Å²) in [5.74, 6) is 1.91. The summed E-state index contributed by atoms with van der Waals surface area (Å²) in [5, 5.41) is 12.7. The van der Waals surface area contributed by atoms with E-state index in [4.69, 9.17) is 4.74 Å². The predicted octanol–water partition coefficient (Wildman–Crippen LogP) is 4.87. The van der Waals surface area contributed by atoms with Gasteiger partial charge in [-0.1, -0.05) is 35.6 Å². The van der Waals surface area contributed by atoms with Crippen LogP contribution < -0.4 is 10.1 Å². The van der Waals surface area contributed by atoms with Crippen molar-refractivity contribution in [2.75, 3.05) is 29.9 Å². The van der Waals surface area contributed by atoms with E-state index in [1.807, 2.05) is 72.1 Å². The highest BCUT2D eigenvalue weighted by atomic mass is 32.2. The van der Waals surface area contributed by atoms with E-state index in [9.17, 15) is 13.2 Å². The fourth-order valence-corrected chi connectivity index (χ4v) is 6.25. The Hall–Kier alpha value is -4.39. The number of benzene rings is 3. The molecule has 1 aliphatic heterocycles. The fraction of sp³-hybridized carbons (Fsp3) is 0.172. The standard InChI is InChI=1S/C29H26N6O4S2/c36-28(23-5-1-3-20(17-23)19-35-12-15-41(37,38)16-13-35)31-24-9-7-21(8-10-24)26-32-27(34-33-26)22-4-2-6-25(18-22)39-29-30-11-14-40-29/h1-11,14,17-18H,12-13,15-16,19H2,(H,31,36)(H,32,33,34). The number of aromatic nitrogens is 4. The molecule has 0 unspecified atom stereocenters. The van der Waals surface area contributed by atoms with Crippen LogP contribution in [0.5, 0.6) is 10.9 Å². The maximum Gasteiger partial charge on any atom is 0.278 e. The summed E-state index contributed by atoms with van der Waals surface area (Å²) in [4.78, 5) is 23.8. The van der Waals surface area contributed by atoms with Gasteiger partial charge in [-0.3, -0.25) is 14.8 Å². The highest BCUT2D eigenvalue weighted by Crippen LogP contribution is 2.28. The summed E-state index contributed by atoms with van der Waals surface area (Å²) >= 11 is 1.42. The van der Waals surface area contributed by atoms with Crippen LogP contribution in [0.2, 0.25) is 0 Å². The first-order valence-corrected chi connectivity index (χ1v) is 15.6. The van der Waals surface area contributed by atoms with Gasteiger partial charge in [0.15, 0.2) is 21.5 Å². The molecule has 1 saturated heterocycles. The Kier molecular flexibility index (Phi) is 7.59. The molecule has 0 aliphatic carbocycles. The van der Waals surface area contributed by atoms with Crippen molar-refractivity contribution in [3.8, 4) is 33.7 Å². The van der Waals surface area contributed by atoms with Crippen molar-refractivity contribution >= 4 is 32.8 Å². The summed E-state index contributed by atoms with van der Waals surface area (Å²) < 4.78 is 29.2. The second-order valence-electron chi connectivity index (χ2n) is 9.60. The number of H-pyrrole nitrogens is 1. The third-order valence-corrected chi connectivity index (χ3v) is 8.90. The molecule has 0 bridgehead atoms. The maximum atomic E-state index is 12.9. The average molecular weight is 587 g/mol. The number of aromatic amines is 1. The smallest absolute Gasteiger partial charge is 0.278 e. The number of nitrogens with zero attached hydrogens (tertiary/aromatic N) is 4. The van der Waals surface area contributed by atoms with Crippen LogP contribution in [-0.4, -0.2) is 64.0 Å². The molecule has 2 aromatic heterocycles. The molecule has 0 spiro atoms. The van der Waals surface area contributed by atoms with Crippen molar-refractivity contribution in [2.24, 2.45) is 0 Å². The molecule has 2 N–H and O–H groups in total. The number of carbonyl (C=O) groups excluding carboxylic acids is 1. The van der Waals surface area contributed by atoms with Gasteiger partial charge < -0.3 is 10.1 Å². The van der Waals surface area contributed by atoms with E-state index in [1.54, 1.807) is 12.3 Å². The quantitative estimate of drug-likeness (QED) is 0.263. The minimum Gasteiger partial charge on any atom is -0.431 e. The first kappa shape index (κ1) is 26.8. The second kappa shape index (κ2) is 11.6. The molecule has 0 radical (unpaired) electrons. The van der Waals surface area contributed by atoms with Gasteiger partial charge >= 0.3 is 0 Å². The minimum atomic E-state index is -2.93. The zero-order chi connectivity index (χ0) is 28.2. The molecule has 12 heteroatoms. The molecular weight excluding hydrogens is 560 g/mol. The average Bonchev–Trinajstić information content (AvgIpc) is 3.68. The van der Waals surface area contributed by atoms with Gasteiger partial charge in [-0.25, -0.2) is 18.4 Å². The second-order valence-corrected chi connectivity index (χ2v) is 12.8. The van der Waals surface area contributed by atoms with Gasteiger partial charge in [0.25, 0.3) is 11.1 Å². The van der Waals surface area contributed by atoms with Crippen LogP contribution in [-0.2, 0) is 16.4 Å². The number of rotatable bonds is 8. The first-order chi connectivity index (χ1) is 19.9. The van der Waals surface area contributed by atoms with Crippen molar-refractivity contribution in [3.05, 3.63) is 95.5 Å². The summed E-state index contributed by atoms with van der Waals surface area (Å²) in [6, 6.07) is 22.3. The molecule has 5 aromatic rings. The number of sulfone groups is 1. The number of hydrogen-bond acceptors (Lipinski definition) is 9. The molecule has 6 rings (SSSR count). The highest BCUT2D eigenvalue weighted by Gasteiger charge is 2.21. The van der Waals surface area contributed by atoms with E-state index >= 15 is 0 Å². The molecule has 0 atom stereocenters. The molecule has 3 heterocycles. The zero-order valence-corrected chi connectivity index (χ0v) is 23.5. The van der Waals surface area contributed by atoms with Gasteiger partial charge in [0.2, 0.25) is 0 Å². The molecule has 41 heavy (non-hydrogen) atoms. The van der Waals surface area contributed by atoms with Gasteiger partial charge in [-0.05, 0) is 54.1 Å².